The maximum atomic E-state index is 12.2. The lowest BCUT2D eigenvalue weighted by molar-refractivity contribution is -0.125. The Hall–Kier alpha value is -2.90. The van der Waals surface area contributed by atoms with Crippen molar-refractivity contribution in [3.8, 4) is 11.5 Å². The second-order valence-corrected chi connectivity index (χ2v) is 6.45. The lowest BCUT2D eigenvalue weighted by Crippen LogP contribution is -2.54. The highest BCUT2D eigenvalue weighted by Gasteiger charge is 2.16. The van der Waals surface area contributed by atoms with E-state index in [4.69, 9.17) is 4.74 Å². The quantitative estimate of drug-likeness (QED) is 0.808. The number of hydrazine groups is 1. The fraction of sp³-hybridized carbons (Fsp3) is 0.300. The third-order valence-electron chi connectivity index (χ3n) is 4.29. The van der Waals surface area contributed by atoms with E-state index in [1.54, 1.807) is 24.3 Å². The topological polar surface area (TPSA) is 73.9 Å². The molecular weight excluding hydrogens is 344 g/mol. The lowest BCUT2D eigenvalue weighted by Gasteiger charge is -2.32. The van der Waals surface area contributed by atoms with Gasteiger partial charge in [-0.1, -0.05) is 18.2 Å². The molecule has 0 bridgehead atoms. The van der Waals surface area contributed by atoms with E-state index in [0.717, 1.165) is 31.9 Å². The highest BCUT2D eigenvalue weighted by molar-refractivity contribution is 5.96. The second-order valence-electron chi connectivity index (χ2n) is 6.45. The fourth-order valence-electron chi connectivity index (χ4n) is 2.70. The Morgan fingerprint density at radius 2 is 1.56 bits per heavy atom. The summed E-state index contributed by atoms with van der Waals surface area (Å²) in [5.41, 5.74) is 3.29. The third kappa shape index (κ3) is 5.80. The molecule has 2 amide bonds. The molecule has 2 N–H and O–H groups in total. The van der Waals surface area contributed by atoms with Gasteiger partial charge in [-0.15, -0.1) is 0 Å². The highest BCUT2D eigenvalue weighted by atomic mass is 16.5. The first-order valence-electron chi connectivity index (χ1n) is 8.94. The van der Waals surface area contributed by atoms with E-state index in [9.17, 15) is 9.59 Å². The molecule has 142 valence electrons. The van der Waals surface area contributed by atoms with Gasteiger partial charge in [0.1, 0.15) is 11.5 Å². The molecule has 27 heavy (non-hydrogen) atoms. The van der Waals surface area contributed by atoms with Crippen LogP contribution in [0.1, 0.15) is 10.4 Å². The summed E-state index contributed by atoms with van der Waals surface area (Å²) in [7, 11) is 2.05. The Labute approximate surface area is 158 Å². The zero-order valence-electron chi connectivity index (χ0n) is 15.4. The molecule has 7 nitrogen and oxygen atoms in total. The van der Waals surface area contributed by atoms with Gasteiger partial charge in [-0.05, 0) is 43.4 Å². The molecule has 7 heteroatoms. The number of ether oxygens (including phenoxy) is 1. The molecule has 1 saturated heterocycles. The molecular formula is C20H24N4O3. The summed E-state index contributed by atoms with van der Waals surface area (Å²) in [5, 5.41) is 4.52. The lowest BCUT2D eigenvalue weighted by atomic mass is 10.2. The zero-order chi connectivity index (χ0) is 19.1. The Morgan fingerprint density at radius 3 is 2.22 bits per heavy atom. The summed E-state index contributed by atoms with van der Waals surface area (Å²) in [5.74, 6) is 0.854. The molecule has 0 saturated carbocycles. The molecule has 0 aliphatic carbocycles. The summed E-state index contributed by atoms with van der Waals surface area (Å²) in [6, 6.07) is 16.2. The Morgan fingerprint density at radius 1 is 0.926 bits per heavy atom. The molecule has 2 aromatic carbocycles. The number of carbonyl (C=O) groups excluding carboxylic acids is 2. The number of amides is 2. The summed E-state index contributed by atoms with van der Waals surface area (Å²) in [6.45, 7) is 3.31. The Bertz CT molecular complexity index is 757. The smallest absolute Gasteiger partial charge is 0.253 e. The van der Waals surface area contributed by atoms with E-state index < -0.39 is 0 Å². The van der Waals surface area contributed by atoms with Gasteiger partial charge in [0.05, 0.1) is 6.54 Å². The highest BCUT2D eigenvalue weighted by Crippen LogP contribution is 2.21. The predicted molar refractivity (Wildman–Crippen MR) is 103 cm³/mol. The maximum Gasteiger partial charge on any atom is 0.253 e. The first kappa shape index (κ1) is 18.9. The molecule has 0 spiro atoms. The monoisotopic (exact) mass is 368 g/mol. The average molecular weight is 368 g/mol. The first-order valence-corrected chi connectivity index (χ1v) is 8.94. The maximum absolute atomic E-state index is 12.2. The normalized spacial score (nSPS) is 15.1. The van der Waals surface area contributed by atoms with Crippen molar-refractivity contribution in [3.63, 3.8) is 0 Å². The minimum absolute atomic E-state index is 0.0621. The van der Waals surface area contributed by atoms with Crippen molar-refractivity contribution in [2.24, 2.45) is 0 Å². The largest absolute Gasteiger partial charge is 0.457 e. The summed E-state index contributed by atoms with van der Waals surface area (Å²) in [6.07, 6.45) is 0. The summed E-state index contributed by atoms with van der Waals surface area (Å²) >= 11 is 0. The number of nitrogens with one attached hydrogen (secondary N) is 2. The summed E-state index contributed by atoms with van der Waals surface area (Å²) < 4.78 is 5.70. The standard InChI is InChI=1S/C20H24N4O3/c1-23-11-13-24(14-12-23)22-19(25)15-21-20(26)16-7-9-18(10-8-16)27-17-5-3-2-4-6-17/h2-10H,11-15H2,1H3,(H,21,26)(H,22,25). The fourth-order valence-corrected chi connectivity index (χ4v) is 2.70. The Kier molecular flexibility index (Phi) is 6.40. The number of benzene rings is 2. The van der Waals surface area contributed by atoms with E-state index in [2.05, 4.69) is 22.7 Å². The molecule has 1 heterocycles. The van der Waals surface area contributed by atoms with Crippen molar-refractivity contribution >= 4 is 11.8 Å². The van der Waals surface area contributed by atoms with Crippen LogP contribution < -0.4 is 15.5 Å². The number of carbonyl (C=O) groups is 2. The zero-order valence-corrected chi connectivity index (χ0v) is 15.4. The van der Waals surface area contributed by atoms with Crippen molar-refractivity contribution in [1.82, 2.24) is 20.7 Å². The van der Waals surface area contributed by atoms with Gasteiger partial charge in [-0.3, -0.25) is 15.0 Å². The number of hydrogen-bond acceptors (Lipinski definition) is 5. The van der Waals surface area contributed by atoms with Gasteiger partial charge in [-0.25, -0.2) is 5.01 Å². The molecule has 0 aromatic heterocycles. The van der Waals surface area contributed by atoms with Crippen LogP contribution in [0.5, 0.6) is 11.5 Å². The van der Waals surface area contributed by atoms with Crippen LogP contribution in [0.2, 0.25) is 0 Å². The number of likely N-dealkylation sites (N-methyl/N-ethyl adjacent to an activating group) is 1. The minimum atomic E-state index is -0.296. The van der Waals surface area contributed by atoms with E-state index in [0.29, 0.717) is 11.3 Å². The molecule has 0 radical (unpaired) electrons. The second kappa shape index (κ2) is 9.16. The van der Waals surface area contributed by atoms with Gasteiger partial charge >= 0.3 is 0 Å². The van der Waals surface area contributed by atoms with Crippen molar-refractivity contribution in [1.29, 1.82) is 0 Å². The van der Waals surface area contributed by atoms with Crippen molar-refractivity contribution in [2.45, 2.75) is 0 Å². The molecule has 1 fully saturated rings. The van der Waals surface area contributed by atoms with Crippen molar-refractivity contribution in [2.75, 3.05) is 39.8 Å². The molecule has 3 rings (SSSR count). The first-order chi connectivity index (χ1) is 13.1. The van der Waals surface area contributed by atoms with Gasteiger partial charge in [0, 0.05) is 31.7 Å². The van der Waals surface area contributed by atoms with Gasteiger partial charge in [0.25, 0.3) is 11.8 Å². The third-order valence-corrected chi connectivity index (χ3v) is 4.29. The number of nitrogens with zero attached hydrogens (tertiary/aromatic N) is 2. The molecule has 1 aliphatic rings. The van der Waals surface area contributed by atoms with Gasteiger partial charge in [0.15, 0.2) is 0 Å². The molecule has 1 aliphatic heterocycles. The Balaban J connectivity index is 1.44. The van der Waals surface area contributed by atoms with E-state index in [-0.39, 0.29) is 18.4 Å². The van der Waals surface area contributed by atoms with Crippen LogP contribution in [-0.2, 0) is 4.79 Å². The average Bonchev–Trinajstić information content (AvgIpc) is 2.69. The minimum Gasteiger partial charge on any atom is -0.457 e. The summed E-state index contributed by atoms with van der Waals surface area (Å²) in [4.78, 5) is 26.4. The van der Waals surface area contributed by atoms with Crippen LogP contribution in [-0.4, -0.2) is 61.5 Å². The van der Waals surface area contributed by atoms with Crippen LogP contribution in [0.3, 0.4) is 0 Å². The van der Waals surface area contributed by atoms with Crippen LogP contribution in [0, 0.1) is 0 Å². The van der Waals surface area contributed by atoms with E-state index in [1.807, 2.05) is 35.3 Å². The van der Waals surface area contributed by atoms with Crippen LogP contribution >= 0.6 is 0 Å². The van der Waals surface area contributed by atoms with Crippen molar-refractivity contribution in [3.05, 3.63) is 60.2 Å². The van der Waals surface area contributed by atoms with Gasteiger partial charge in [0.2, 0.25) is 0 Å². The van der Waals surface area contributed by atoms with E-state index >= 15 is 0 Å². The number of para-hydroxylation sites is 1. The molecule has 2 aromatic rings. The van der Waals surface area contributed by atoms with Crippen LogP contribution in [0.15, 0.2) is 54.6 Å². The number of hydrogen-bond donors (Lipinski definition) is 2. The molecule has 0 unspecified atom stereocenters. The predicted octanol–water partition coefficient (Wildman–Crippen LogP) is 1.49. The van der Waals surface area contributed by atoms with Crippen LogP contribution in [0.25, 0.3) is 0 Å². The number of rotatable bonds is 6. The molecule has 0 atom stereocenters. The van der Waals surface area contributed by atoms with Crippen molar-refractivity contribution < 1.29 is 14.3 Å². The van der Waals surface area contributed by atoms with E-state index in [1.165, 1.54) is 0 Å². The van der Waals surface area contributed by atoms with Gasteiger partial charge < -0.3 is 15.0 Å². The van der Waals surface area contributed by atoms with Crippen LogP contribution in [0.4, 0.5) is 0 Å². The van der Waals surface area contributed by atoms with Gasteiger partial charge in [-0.2, -0.15) is 0 Å². The SMILES string of the molecule is CN1CCN(NC(=O)CNC(=O)c2ccc(Oc3ccccc3)cc2)CC1. The number of piperazine rings is 1.